The van der Waals surface area contributed by atoms with Crippen LogP contribution in [-0.4, -0.2) is 23.6 Å². The molecule has 0 atom stereocenters. The molecular formula is C23H18N2O4. The van der Waals surface area contributed by atoms with E-state index in [-0.39, 0.29) is 23.6 Å². The van der Waals surface area contributed by atoms with Gasteiger partial charge in [0, 0.05) is 24.3 Å². The lowest BCUT2D eigenvalue weighted by atomic mass is 9.99. The molecule has 0 aliphatic carbocycles. The summed E-state index contributed by atoms with van der Waals surface area (Å²) >= 11 is 0. The maximum Gasteiger partial charge on any atom is 0.258 e. The number of carbonyl (C=O) groups is 4. The zero-order valence-corrected chi connectivity index (χ0v) is 15.8. The molecule has 2 aromatic rings. The Morgan fingerprint density at radius 2 is 1.17 bits per heavy atom. The first kappa shape index (κ1) is 18.6. The monoisotopic (exact) mass is 386 g/mol. The molecule has 0 radical (unpaired) electrons. The quantitative estimate of drug-likeness (QED) is 0.741. The third-order valence-corrected chi connectivity index (χ3v) is 4.99. The predicted octanol–water partition coefficient (Wildman–Crippen LogP) is 2.70. The molecule has 2 heterocycles. The lowest BCUT2D eigenvalue weighted by molar-refractivity contribution is -0.121. The molecule has 2 aliphatic heterocycles. The fraction of sp³-hybridized carbons (Fsp3) is 0.130. The van der Waals surface area contributed by atoms with Gasteiger partial charge < -0.3 is 0 Å². The van der Waals surface area contributed by atoms with Crippen molar-refractivity contribution in [3.63, 3.8) is 0 Å². The maximum atomic E-state index is 12.0. The van der Waals surface area contributed by atoms with E-state index in [0.29, 0.717) is 24.2 Å². The fourth-order valence-corrected chi connectivity index (χ4v) is 3.54. The lowest BCUT2D eigenvalue weighted by Crippen LogP contribution is -2.30. The number of nitrogens with zero attached hydrogens (tertiary/aromatic N) is 2. The Kier molecular flexibility index (Phi) is 4.68. The van der Waals surface area contributed by atoms with Gasteiger partial charge in [-0.15, -0.1) is 0 Å². The van der Waals surface area contributed by atoms with Crippen LogP contribution in [0.4, 0.5) is 11.4 Å². The summed E-state index contributed by atoms with van der Waals surface area (Å²) in [6.07, 6.45) is 6.41. The molecule has 0 saturated carbocycles. The van der Waals surface area contributed by atoms with Crippen molar-refractivity contribution >= 4 is 35.0 Å². The lowest BCUT2D eigenvalue weighted by Gasteiger charge is -2.19. The summed E-state index contributed by atoms with van der Waals surface area (Å²) in [6, 6.07) is 13.0. The molecule has 0 bridgehead atoms. The molecule has 2 aliphatic rings. The Labute approximate surface area is 167 Å². The first-order chi connectivity index (χ1) is 14.0. The van der Waals surface area contributed by atoms with E-state index in [0.717, 1.165) is 21.6 Å². The van der Waals surface area contributed by atoms with E-state index in [2.05, 4.69) is 0 Å². The van der Waals surface area contributed by atoms with Crippen LogP contribution in [0.3, 0.4) is 0 Å². The predicted molar refractivity (Wildman–Crippen MR) is 108 cm³/mol. The second-order valence-corrected chi connectivity index (χ2v) is 6.85. The van der Waals surface area contributed by atoms with Crippen LogP contribution in [0.2, 0.25) is 0 Å². The number of aryl methyl sites for hydroxylation is 1. The highest BCUT2D eigenvalue weighted by Gasteiger charge is 2.27. The highest BCUT2D eigenvalue weighted by Crippen LogP contribution is 2.27. The summed E-state index contributed by atoms with van der Waals surface area (Å²) < 4.78 is 0. The number of rotatable bonds is 5. The standard InChI is InChI=1S/C23H18N2O4/c1-2-17-14-16(5-8-19(17)25-22(28)11-12-23(25)29)13-15-3-6-18(7-4-15)24-20(26)9-10-21(24)27/h3-12,14H,2,13H2,1H3. The van der Waals surface area contributed by atoms with Gasteiger partial charge in [-0.25, -0.2) is 9.80 Å². The maximum absolute atomic E-state index is 12.0. The molecule has 0 spiro atoms. The number of carbonyl (C=O) groups excluding carboxylic acids is 4. The Morgan fingerprint density at radius 1 is 0.655 bits per heavy atom. The van der Waals surface area contributed by atoms with Crippen LogP contribution in [0.15, 0.2) is 66.8 Å². The largest absolute Gasteiger partial charge is 0.269 e. The van der Waals surface area contributed by atoms with Crippen molar-refractivity contribution in [2.24, 2.45) is 0 Å². The highest BCUT2D eigenvalue weighted by molar-refractivity contribution is 6.28. The van der Waals surface area contributed by atoms with E-state index in [1.807, 2.05) is 31.2 Å². The molecule has 6 heteroatoms. The van der Waals surface area contributed by atoms with Gasteiger partial charge in [-0.05, 0) is 47.7 Å². The molecule has 0 fully saturated rings. The van der Waals surface area contributed by atoms with Gasteiger partial charge in [0.15, 0.2) is 0 Å². The van der Waals surface area contributed by atoms with Gasteiger partial charge in [-0.2, -0.15) is 0 Å². The SMILES string of the molecule is CCc1cc(Cc2ccc(N3C(=O)C=CC3=O)cc2)ccc1N1C(=O)C=CC1=O. The minimum absolute atomic E-state index is 0.325. The number of anilines is 2. The van der Waals surface area contributed by atoms with Gasteiger partial charge in [-0.3, -0.25) is 19.2 Å². The molecule has 0 aromatic heterocycles. The summed E-state index contributed by atoms with van der Waals surface area (Å²) in [6.45, 7) is 1.98. The first-order valence-electron chi connectivity index (χ1n) is 9.31. The fourth-order valence-electron chi connectivity index (χ4n) is 3.54. The van der Waals surface area contributed by atoms with Crippen LogP contribution in [-0.2, 0) is 32.0 Å². The number of imide groups is 2. The van der Waals surface area contributed by atoms with Crippen molar-refractivity contribution in [3.05, 3.63) is 83.5 Å². The molecule has 2 aromatic carbocycles. The van der Waals surface area contributed by atoms with Crippen LogP contribution in [0.1, 0.15) is 23.6 Å². The van der Waals surface area contributed by atoms with Crippen molar-refractivity contribution in [2.75, 3.05) is 9.80 Å². The van der Waals surface area contributed by atoms with Crippen LogP contribution in [0, 0.1) is 0 Å². The highest BCUT2D eigenvalue weighted by atomic mass is 16.2. The van der Waals surface area contributed by atoms with Gasteiger partial charge in [0.2, 0.25) is 0 Å². The Balaban J connectivity index is 1.54. The molecule has 0 N–H and O–H groups in total. The Hall–Kier alpha value is -3.80. The number of hydrogen-bond donors (Lipinski definition) is 0. The molecule has 144 valence electrons. The third-order valence-electron chi connectivity index (χ3n) is 4.99. The van der Waals surface area contributed by atoms with Gasteiger partial charge in [0.05, 0.1) is 11.4 Å². The summed E-state index contributed by atoms with van der Waals surface area (Å²) in [5.74, 6) is -1.33. The van der Waals surface area contributed by atoms with E-state index in [1.54, 1.807) is 18.2 Å². The minimum Gasteiger partial charge on any atom is -0.269 e. The van der Waals surface area contributed by atoms with Crippen molar-refractivity contribution < 1.29 is 19.2 Å². The van der Waals surface area contributed by atoms with Crippen molar-refractivity contribution in [1.82, 2.24) is 0 Å². The van der Waals surface area contributed by atoms with Gasteiger partial charge in [-0.1, -0.05) is 31.2 Å². The van der Waals surface area contributed by atoms with E-state index >= 15 is 0 Å². The van der Waals surface area contributed by atoms with E-state index < -0.39 is 0 Å². The molecule has 0 unspecified atom stereocenters. The summed E-state index contributed by atoms with van der Waals surface area (Å²) in [7, 11) is 0. The molecular weight excluding hydrogens is 368 g/mol. The smallest absolute Gasteiger partial charge is 0.258 e. The van der Waals surface area contributed by atoms with Crippen molar-refractivity contribution in [2.45, 2.75) is 19.8 Å². The van der Waals surface area contributed by atoms with Gasteiger partial charge in [0.25, 0.3) is 23.6 Å². The Morgan fingerprint density at radius 3 is 1.72 bits per heavy atom. The summed E-state index contributed by atoms with van der Waals surface area (Å²) in [5, 5.41) is 0. The van der Waals surface area contributed by atoms with Gasteiger partial charge in [0.1, 0.15) is 0 Å². The van der Waals surface area contributed by atoms with Crippen LogP contribution in [0.5, 0.6) is 0 Å². The van der Waals surface area contributed by atoms with Crippen molar-refractivity contribution in [1.29, 1.82) is 0 Å². The molecule has 0 saturated heterocycles. The van der Waals surface area contributed by atoms with E-state index in [4.69, 9.17) is 0 Å². The Bertz CT molecular complexity index is 1060. The molecule has 4 amide bonds. The average molecular weight is 386 g/mol. The van der Waals surface area contributed by atoms with Gasteiger partial charge >= 0.3 is 0 Å². The zero-order chi connectivity index (χ0) is 20.5. The van der Waals surface area contributed by atoms with Crippen LogP contribution in [0.25, 0.3) is 0 Å². The number of hydrogen-bond acceptors (Lipinski definition) is 4. The number of amides is 4. The minimum atomic E-state index is -0.341. The normalized spacial score (nSPS) is 15.9. The topological polar surface area (TPSA) is 74.8 Å². The molecule has 4 rings (SSSR count). The zero-order valence-electron chi connectivity index (χ0n) is 15.8. The van der Waals surface area contributed by atoms with E-state index in [9.17, 15) is 19.2 Å². The average Bonchev–Trinajstić information content (AvgIpc) is 3.23. The third kappa shape index (κ3) is 3.40. The van der Waals surface area contributed by atoms with Crippen molar-refractivity contribution in [3.8, 4) is 0 Å². The first-order valence-corrected chi connectivity index (χ1v) is 9.31. The summed E-state index contributed by atoms with van der Waals surface area (Å²) in [5.41, 5.74) is 4.14. The van der Waals surface area contributed by atoms with E-state index in [1.165, 1.54) is 29.2 Å². The van der Waals surface area contributed by atoms with Crippen LogP contribution < -0.4 is 9.80 Å². The second-order valence-electron chi connectivity index (χ2n) is 6.85. The summed E-state index contributed by atoms with van der Waals surface area (Å²) in [4.78, 5) is 49.8. The number of benzene rings is 2. The van der Waals surface area contributed by atoms with Crippen LogP contribution >= 0.6 is 0 Å². The molecule has 6 nitrogen and oxygen atoms in total. The molecule has 29 heavy (non-hydrogen) atoms. The second kappa shape index (κ2) is 7.31.